The Morgan fingerprint density at radius 2 is 2.26 bits per heavy atom. The molecule has 102 valence electrons. The van der Waals surface area contributed by atoms with Crippen molar-refractivity contribution in [3.63, 3.8) is 0 Å². The summed E-state index contributed by atoms with van der Waals surface area (Å²) in [6.07, 6.45) is 1.23. The second-order valence-electron chi connectivity index (χ2n) is 4.61. The first-order valence-corrected chi connectivity index (χ1v) is 6.09. The fraction of sp³-hybridized carbons (Fsp3) is 0.385. The van der Waals surface area contributed by atoms with Gasteiger partial charge >= 0.3 is 5.97 Å². The zero-order valence-corrected chi connectivity index (χ0v) is 10.3. The number of aromatic carboxylic acids is 1. The Balaban J connectivity index is 2.02. The molecule has 1 heterocycles. The van der Waals surface area contributed by atoms with Crippen molar-refractivity contribution in [2.24, 2.45) is 5.92 Å². The molecular weight excluding hydrogens is 251 g/mol. The maximum atomic E-state index is 13.5. The fourth-order valence-corrected chi connectivity index (χ4v) is 2.11. The average Bonchev–Trinajstić information content (AvgIpc) is 2.84. The Morgan fingerprint density at radius 3 is 2.89 bits per heavy atom. The molecule has 3 N–H and O–H groups in total. The minimum absolute atomic E-state index is 0.0563. The molecule has 1 aromatic carbocycles. The number of nitrogens with one attached hydrogen (secondary N) is 2. The van der Waals surface area contributed by atoms with Crippen molar-refractivity contribution in [3.05, 3.63) is 29.6 Å². The number of anilines is 1. The second-order valence-corrected chi connectivity index (χ2v) is 4.61. The molecule has 0 spiro atoms. The van der Waals surface area contributed by atoms with Crippen molar-refractivity contribution in [1.29, 1.82) is 0 Å². The SMILES string of the molecule is O=C(CC1CCNC1)Nc1cc(C(=O)O)ccc1F. The van der Waals surface area contributed by atoms with E-state index in [4.69, 9.17) is 5.11 Å². The molecule has 0 saturated carbocycles. The molecule has 1 aliphatic heterocycles. The highest BCUT2D eigenvalue weighted by Crippen LogP contribution is 2.18. The number of amides is 1. The van der Waals surface area contributed by atoms with Gasteiger partial charge in [-0.2, -0.15) is 0 Å². The molecule has 0 radical (unpaired) electrons. The van der Waals surface area contributed by atoms with Crippen molar-refractivity contribution in [3.8, 4) is 0 Å². The summed E-state index contributed by atoms with van der Waals surface area (Å²) in [7, 11) is 0. The molecule has 0 aliphatic carbocycles. The molecule has 5 nitrogen and oxygen atoms in total. The molecule has 1 aromatic rings. The van der Waals surface area contributed by atoms with Crippen molar-refractivity contribution in [2.45, 2.75) is 12.8 Å². The maximum Gasteiger partial charge on any atom is 0.335 e. The zero-order chi connectivity index (χ0) is 13.8. The van der Waals surface area contributed by atoms with E-state index >= 15 is 0 Å². The average molecular weight is 266 g/mol. The van der Waals surface area contributed by atoms with Gasteiger partial charge in [-0.15, -0.1) is 0 Å². The van der Waals surface area contributed by atoms with E-state index in [-0.39, 0.29) is 23.1 Å². The molecular formula is C13H15FN2O3. The number of carbonyl (C=O) groups is 2. The van der Waals surface area contributed by atoms with Gasteiger partial charge in [-0.25, -0.2) is 9.18 Å². The van der Waals surface area contributed by atoms with Crippen LogP contribution in [0.2, 0.25) is 0 Å². The van der Waals surface area contributed by atoms with Gasteiger partial charge in [0.2, 0.25) is 5.91 Å². The lowest BCUT2D eigenvalue weighted by atomic mass is 10.0. The van der Waals surface area contributed by atoms with Crippen LogP contribution in [0.4, 0.5) is 10.1 Å². The predicted molar refractivity (Wildman–Crippen MR) is 67.6 cm³/mol. The Hall–Kier alpha value is -1.95. The molecule has 1 saturated heterocycles. The number of carbonyl (C=O) groups excluding carboxylic acids is 1. The summed E-state index contributed by atoms with van der Waals surface area (Å²) in [6.45, 7) is 1.67. The molecule has 1 amide bonds. The number of benzene rings is 1. The summed E-state index contributed by atoms with van der Waals surface area (Å²) < 4.78 is 13.5. The first-order chi connectivity index (χ1) is 9.06. The summed E-state index contributed by atoms with van der Waals surface area (Å²) in [6, 6.07) is 3.33. The highest BCUT2D eigenvalue weighted by atomic mass is 19.1. The number of hydrogen-bond acceptors (Lipinski definition) is 3. The summed E-state index contributed by atoms with van der Waals surface area (Å²) in [5.74, 6) is -1.83. The Morgan fingerprint density at radius 1 is 1.47 bits per heavy atom. The van der Waals surface area contributed by atoms with Crippen LogP contribution in [0, 0.1) is 11.7 Å². The van der Waals surface area contributed by atoms with Gasteiger partial charge in [-0.3, -0.25) is 4.79 Å². The van der Waals surface area contributed by atoms with Crippen LogP contribution >= 0.6 is 0 Å². The van der Waals surface area contributed by atoms with Gasteiger partial charge in [0.1, 0.15) is 5.82 Å². The van der Waals surface area contributed by atoms with Gasteiger partial charge in [0.15, 0.2) is 0 Å². The lowest BCUT2D eigenvalue weighted by Crippen LogP contribution is -2.19. The van der Waals surface area contributed by atoms with E-state index in [2.05, 4.69) is 10.6 Å². The summed E-state index contributed by atoms with van der Waals surface area (Å²) in [4.78, 5) is 22.5. The van der Waals surface area contributed by atoms with Gasteiger partial charge in [-0.05, 0) is 43.6 Å². The first kappa shape index (κ1) is 13.5. The van der Waals surface area contributed by atoms with Crippen LogP contribution in [0.15, 0.2) is 18.2 Å². The van der Waals surface area contributed by atoms with E-state index in [0.29, 0.717) is 6.42 Å². The molecule has 2 rings (SSSR count). The van der Waals surface area contributed by atoms with Gasteiger partial charge in [0.05, 0.1) is 11.3 Å². The van der Waals surface area contributed by atoms with Crippen LogP contribution in [0.1, 0.15) is 23.2 Å². The van der Waals surface area contributed by atoms with E-state index in [9.17, 15) is 14.0 Å². The van der Waals surface area contributed by atoms with E-state index in [1.165, 1.54) is 0 Å². The molecule has 1 atom stereocenters. The summed E-state index contributed by atoms with van der Waals surface area (Å²) in [5.41, 5.74) is -0.143. The van der Waals surface area contributed by atoms with Crippen molar-refractivity contribution >= 4 is 17.6 Å². The second kappa shape index (κ2) is 5.79. The topological polar surface area (TPSA) is 78.4 Å². The standard InChI is InChI=1S/C13H15FN2O3/c14-10-2-1-9(13(18)19)6-11(10)16-12(17)5-8-3-4-15-7-8/h1-2,6,8,15H,3-5,7H2,(H,16,17)(H,18,19). The predicted octanol–water partition coefficient (Wildman–Crippen LogP) is 1.46. The van der Waals surface area contributed by atoms with Crippen molar-refractivity contribution in [2.75, 3.05) is 18.4 Å². The van der Waals surface area contributed by atoms with Gasteiger partial charge in [0, 0.05) is 6.42 Å². The number of rotatable bonds is 4. The lowest BCUT2D eigenvalue weighted by Gasteiger charge is -2.10. The van der Waals surface area contributed by atoms with Gasteiger partial charge in [-0.1, -0.05) is 0 Å². The Labute approximate surface area is 109 Å². The van der Waals surface area contributed by atoms with Crippen LogP contribution in [0.25, 0.3) is 0 Å². The Kier molecular flexibility index (Phi) is 4.11. The third-order valence-electron chi connectivity index (χ3n) is 3.12. The zero-order valence-electron chi connectivity index (χ0n) is 10.3. The third-order valence-corrected chi connectivity index (χ3v) is 3.12. The van der Waals surface area contributed by atoms with Crippen LogP contribution in [0.5, 0.6) is 0 Å². The molecule has 1 fully saturated rings. The lowest BCUT2D eigenvalue weighted by molar-refractivity contribution is -0.117. The van der Waals surface area contributed by atoms with E-state index in [1.807, 2.05) is 0 Å². The van der Waals surface area contributed by atoms with Gasteiger partial charge < -0.3 is 15.7 Å². The van der Waals surface area contributed by atoms with Crippen LogP contribution in [0.3, 0.4) is 0 Å². The van der Waals surface area contributed by atoms with Crippen molar-refractivity contribution < 1.29 is 19.1 Å². The summed E-state index contributed by atoms with van der Waals surface area (Å²) >= 11 is 0. The first-order valence-electron chi connectivity index (χ1n) is 6.09. The van der Waals surface area contributed by atoms with Crippen LogP contribution in [-0.4, -0.2) is 30.1 Å². The minimum Gasteiger partial charge on any atom is -0.478 e. The van der Waals surface area contributed by atoms with Crippen LogP contribution in [-0.2, 0) is 4.79 Å². The minimum atomic E-state index is -1.16. The molecule has 1 aliphatic rings. The van der Waals surface area contributed by atoms with Gasteiger partial charge in [0.25, 0.3) is 0 Å². The highest BCUT2D eigenvalue weighted by molar-refractivity contribution is 5.94. The Bertz CT molecular complexity index is 499. The van der Waals surface area contributed by atoms with E-state index in [0.717, 1.165) is 37.7 Å². The van der Waals surface area contributed by atoms with E-state index in [1.54, 1.807) is 0 Å². The van der Waals surface area contributed by atoms with Crippen LogP contribution < -0.4 is 10.6 Å². The quantitative estimate of drug-likeness (QED) is 0.771. The normalized spacial score (nSPS) is 18.3. The van der Waals surface area contributed by atoms with E-state index < -0.39 is 11.8 Å². The maximum absolute atomic E-state index is 13.5. The molecule has 6 heteroatoms. The van der Waals surface area contributed by atoms with Crippen molar-refractivity contribution in [1.82, 2.24) is 5.32 Å². The molecule has 1 unspecified atom stereocenters. The monoisotopic (exact) mass is 266 g/mol. The highest BCUT2D eigenvalue weighted by Gasteiger charge is 2.19. The molecule has 19 heavy (non-hydrogen) atoms. The number of halogens is 1. The number of hydrogen-bond donors (Lipinski definition) is 3. The summed E-state index contributed by atoms with van der Waals surface area (Å²) in [5, 5.41) is 14.4. The fourth-order valence-electron chi connectivity index (χ4n) is 2.11. The molecule has 0 bridgehead atoms. The molecule has 0 aromatic heterocycles. The smallest absolute Gasteiger partial charge is 0.335 e. The number of carboxylic acids is 1. The third kappa shape index (κ3) is 3.51. The number of carboxylic acid groups (broad SMARTS) is 1. The largest absolute Gasteiger partial charge is 0.478 e.